The molecular weight excluding hydrogens is 272 g/mol. The lowest BCUT2D eigenvalue weighted by atomic mass is 10.0. The minimum Gasteiger partial charge on any atom is -0.479 e. The molecule has 1 aromatic carbocycles. The number of hydrogen-bond donors (Lipinski definition) is 3. The van der Waals surface area contributed by atoms with Crippen molar-refractivity contribution in [3.05, 3.63) is 35.9 Å². The predicted octanol–water partition coefficient (Wildman–Crippen LogP) is 1.68. The summed E-state index contributed by atoms with van der Waals surface area (Å²) in [5.74, 6) is -1.09. The van der Waals surface area contributed by atoms with Crippen LogP contribution in [0.3, 0.4) is 0 Å². The molecular formula is C15H20N2O4. The van der Waals surface area contributed by atoms with Crippen molar-refractivity contribution in [3.8, 4) is 0 Å². The molecule has 114 valence electrons. The Labute approximate surface area is 123 Å². The Morgan fingerprint density at radius 2 is 2.05 bits per heavy atom. The van der Waals surface area contributed by atoms with Crippen LogP contribution >= 0.6 is 0 Å². The molecule has 0 radical (unpaired) electrons. The number of amides is 2. The molecule has 0 bridgehead atoms. The summed E-state index contributed by atoms with van der Waals surface area (Å²) in [6.07, 6.45) is 1.57. The molecule has 0 spiro atoms. The summed E-state index contributed by atoms with van der Waals surface area (Å²) in [7, 11) is 0. The van der Waals surface area contributed by atoms with Gasteiger partial charge in [0.1, 0.15) is 0 Å². The average molecular weight is 292 g/mol. The number of benzene rings is 1. The molecule has 1 aliphatic rings. The monoisotopic (exact) mass is 292 g/mol. The number of nitrogens with one attached hydrogen (secondary N) is 2. The number of carboxylic acids is 1. The highest BCUT2D eigenvalue weighted by Crippen LogP contribution is 2.15. The smallest absolute Gasteiger partial charge is 0.330 e. The van der Waals surface area contributed by atoms with Crippen LogP contribution in [0, 0.1) is 0 Å². The van der Waals surface area contributed by atoms with Crippen molar-refractivity contribution >= 4 is 12.0 Å². The van der Waals surface area contributed by atoms with E-state index in [-0.39, 0.29) is 12.1 Å². The van der Waals surface area contributed by atoms with Gasteiger partial charge in [0, 0.05) is 12.6 Å². The van der Waals surface area contributed by atoms with Crippen LogP contribution in [0.25, 0.3) is 0 Å². The Morgan fingerprint density at radius 1 is 1.33 bits per heavy atom. The minimum absolute atomic E-state index is 0.0129. The molecule has 2 amide bonds. The number of aliphatic carboxylic acids is 1. The third kappa shape index (κ3) is 4.46. The van der Waals surface area contributed by atoms with Crippen molar-refractivity contribution in [2.75, 3.05) is 6.61 Å². The number of carboxylic acid groups (broad SMARTS) is 1. The van der Waals surface area contributed by atoms with Crippen molar-refractivity contribution in [2.24, 2.45) is 0 Å². The maximum Gasteiger partial charge on any atom is 0.330 e. The molecule has 2 rings (SSSR count). The van der Waals surface area contributed by atoms with E-state index in [0.717, 1.165) is 12.8 Å². The standard InChI is InChI=1S/C15H20N2O4/c1-10-9-12(7-8-21-10)16-15(20)17-13(14(18)19)11-5-3-2-4-6-11/h2-6,10,12-13H,7-9H2,1H3,(H,18,19)(H2,16,17,20)/t10?,12?,13-/m0/s1. The first kappa shape index (κ1) is 15.3. The summed E-state index contributed by atoms with van der Waals surface area (Å²) in [5.41, 5.74) is 0.542. The first-order valence-electron chi connectivity index (χ1n) is 7.02. The van der Waals surface area contributed by atoms with E-state index in [4.69, 9.17) is 4.74 Å². The minimum atomic E-state index is -1.09. The highest BCUT2D eigenvalue weighted by atomic mass is 16.5. The molecule has 1 saturated heterocycles. The molecule has 6 heteroatoms. The van der Waals surface area contributed by atoms with Gasteiger partial charge in [0.25, 0.3) is 0 Å². The normalized spacial score (nSPS) is 23.1. The molecule has 0 aliphatic carbocycles. The molecule has 0 aromatic heterocycles. The zero-order valence-corrected chi connectivity index (χ0v) is 11.9. The topological polar surface area (TPSA) is 87.7 Å². The molecule has 21 heavy (non-hydrogen) atoms. The molecule has 3 atom stereocenters. The van der Waals surface area contributed by atoms with Gasteiger partial charge in [0.15, 0.2) is 6.04 Å². The maximum absolute atomic E-state index is 12.0. The zero-order chi connectivity index (χ0) is 15.2. The van der Waals surface area contributed by atoms with Crippen LogP contribution in [0.15, 0.2) is 30.3 Å². The predicted molar refractivity (Wildman–Crippen MR) is 76.9 cm³/mol. The van der Waals surface area contributed by atoms with E-state index in [1.54, 1.807) is 30.3 Å². The zero-order valence-electron chi connectivity index (χ0n) is 11.9. The Balaban J connectivity index is 1.94. The highest BCUT2D eigenvalue weighted by Gasteiger charge is 2.25. The second kappa shape index (κ2) is 7.08. The molecule has 1 aromatic rings. The van der Waals surface area contributed by atoms with Crippen LogP contribution in [-0.2, 0) is 9.53 Å². The Bertz CT molecular complexity index is 492. The SMILES string of the molecule is CC1CC(NC(=O)N[C@H](C(=O)O)c2ccccc2)CCO1. The van der Waals surface area contributed by atoms with Crippen molar-refractivity contribution in [3.63, 3.8) is 0 Å². The van der Waals surface area contributed by atoms with Gasteiger partial charge in [0.05, 0.1) is 6.10 Å². The van der Waals surface area contributed by atoms with E-state index in [2.05, 4.69) is 10.6 Å². The Morgan fingerprint density at radius 3 is 2.67 bits per heavy atom. The van der Waals surface area contributed by atoms with Crippen LogP contribution in [0.2, 0.25) is 0 Å². The first-order chi connectivity index (χ1) is 10.1. The molecule has 3 N–H and O–H groups in total. The Hall–Kier alpha value is -2.08. The molecule has 6 nitrogen and oxygen atoms in total. The summed E-state index contributed by atoms with van der Waals surface area (Å²) < 4.78 is 5.41. The number of carbonyl (C=O) groups excluding carboxylic acids is 1. The summed E-state index contributed by atoms with van der Waals surface area (Å²) >= 11 is 0. The largest absolute Gasteiger partial charge is 0.479 e. The fourth-order valence-electron chi connectivity index (χ4n) is 2.42. The number of carbonyl (C=O) groups is 2. The van der Waals surface area contributed by atoms with Gasteiger partial charge in [-0.05, 0) is 25.3 Å². The third-order valence-corrected chi connectivity index (χ3v) is 3.48. The van der Waals surface area contributed by atoms with E-state index in [1.807, 2.05) is 6.92 Å². The lowest BCUT2D eigenvalue weighted by Crippen LogP contribution is -2.48. The van der Waals surface area contributed by atoms with Gasteiger partial charge < -0.3 is 20.5 Å². The van der Waals surface area contributed by atoms with Gasteiger partial charge >= 0.3 is 12.0 Å². The summed E-state index contributed by atoms with van der Waals surface area (Å²) in [4.78, 5) is 23.3. The number of rotatable bonds is 4. The van der Waals surface area contributed by atoms with Gasteiger partial charge in [-0.1, -0.05) is 30.3 Å². The molecule has 1 fully saturated rings. The van der Waals surface area contributed by atoms with E-state index in [0.29, 0.717) is 12.2 Å². The van der Waals surface area contributed by atoms with E-state index in [9.17, 15) is 14.7 Å². The lowest BCUT2D eigenvalue weighted by molar-refractivity contribution is -0.139. The van der Waals surface area contributed by atoms with Gasteiger partial charge in [-0.15, -0.1) is 0 Å². The van der Waals surface area contributed by atoms with Crippen LogP contribution in [-0.4, -0.2) is 35.9 Å². The van der Waals surface area contributed by atoms with Crippen molar-refractivity contribution < 1.29 is 19.4 Å². The molecule has 1 heterocycles. The number of ether oxygens (including phenoxy) is 1. The summed E-state index contributed by atoms with van der Waals surface area (Å²) in [6, 6.07) is 7.13. The van der Waals surface area contributed by atoms with Gasteiger partial charge in [-0.25, -0.2) is 9.59 Å². The van der Waals surface area contributed by atoms with E-state index >= 15 is 0 Å². The van der Waals surface area contributed by atoms with Crippen LogP contribution in [0.1, 0.15) is 31.4 Å². The second-order valence-corrected chi connectivity index (χ2v) is 5.20. The van der Waals surface area contributed by atoms with Gasteiger partial charge in [0.2, 0.25) is 0 Å². The van der Waals surface area contributed by atoms with Gasteiger partial charge in [-0.2, -0.15) is 0 Å². The maximum atomic E-state index is 12.0. The lowest BCUT2D eigenvalue weighted by Gasteiger charge is -2.28. The van der Waals surface area contributed by atoms with E-state index < -0.39 is 18.0 Å². The molecule has 1 aliphatic heterocycles. The summed E-state index contributed by atoms with van der Waals surface area (Å²) in [5, 5.41) is 14.6. The quantitative estimate of drug-likeness (QED) is 0.788. The van der Waals surface area contributed by atoms with E-state index in [1.165, 1.54) is 0 Å². The number of urea groups is 1. The molecule has 0 saturated carbocycles. The van der Waals surface area contributed by atoms with Crippen molar-refractivity contribution in [2.45, 2.75) is 38.0 Å². The fraction of sp³-hybridized carbons (Fsp3) is 0.467. The first-order valence-corrected chi connectivity index (χ1v) is 7.02. The van der Waals surface area contributed by atoms with Crippen molar-refractivity contribution in [1.82, 2.24) is 10.6 Å². The third-order valence-electron chi connectivity index (χ3n) is 3.48. The van der Waals surface area contributed by atoms with Gasteiger partial charge in [-0.3, -0.25) is 0 Å². The molecule has 2 unspecified atom stereocenters. The fourth-order valence-corrected chi connectivity index (χ4v) is 2.42. The van der Waals surface area contributed by atoms with Crippen LogP contribution < -0.4 is 10.6 Å². The number of hydrogen-bond acceptors (Lipinski definition) is 3. The van der Waals surface area contributed by atoms with Crippen LogP contribution in [0.5, 0.6) is 0 Å². The van der Waals surface area contributed by atoms with Crippen molar-refractivity contribution in [1.29, 1.82) is 0 Å². The summed E-state index contributed by atoms with van der Waals surface area (Å²) in [6.45, 7) is 2.56. The van der Waals surface area contributed by atoms with Crippen LogP contribution in [0.4, 0.5) is 4.79 Å². The second-order valence-electron chi connectivity index (χ2n) is 5.20. The highest BCUT2D eigenvalue weighted by molar-refractivity contribution is 5.83. The average Bonchev–Trinajstić information content (AvgIpc) is 2.45. The Kier molecular flexibility index (Phi) is 5.16.